The van der Waals surface area contributed by atoms with E-state index in [1.807, 2.05) is 36.1 Å². The van der Waals surface area contributed by atoms with Crippen molar-refractivity contribution < 1.29 is 0 Å². The fraction of sp³-hybridized carbons (Fsp3) is 0.286. The Morgan fingerprint density at radius 3 is 2.94 bits per heavy atom. The maximum atomic E-state index is 8.87. The highest BCUT2D eigenvalue weighted by Gasteiger charge is 2.02. The van der Waals surface area contributed by atoms with Gasteiger partial charge in [-0.05, 0) is 35.7 Å². The monoisotopic (exact) mass is 240 g/mol. The van der Waals surface area contributed by atoms with Crippen LogP contribution in [0.3, 0.4) is 0 Å². The molecule has 0 bridgehead atoms. The number of nitriles is 1. The van der Waals surface area contributed by atoms with Crippen molar-refractivity contribution in [2.45, 2.75) is 20.0 Å². The van der Waals surface area contributed by atoms with E-state index in [9.17, 15) is 0 Å². The van der Waals surface area contributed by atoms with Gasteiger partial charge in [0.05, 0.1) is 0 Å². The van der Waals surface area contributed by atoms with Crippen molar-refractivity contribution in [2.24, 2.45) is 7.05 Å². The second kappa shape index (κ2) is 5.48. The van der Waals surface area contributed by atoms with E-state index in [4.69, 9.17) is 5.26 Å². The van der Waals surface area contributed by atoms with Crippen molar-refractivity contribution in [1.29, 1.82) is 5.26 Å². The number of nitrogens with one attached hydrogen (secondary N) is 1. The van der Waals surface area contributed by atoms with Crippen LogP contribution in [0.4, 0.5) is 0 Å². The van der Waals surface area contributed by atoms with Crippen molar-refractivity contribution in [3.8, 4) is 6.07 Å². The van der Waals surface area contributed by atoms with Gasteiger partial charge < -0.3 is 9.88 Å². The maximum Gasteiger partial charge on any atom is 0.120 e. The minimum atomic E-state index is 0.687. The van der Waals surface area contributed by atoms with E-state index in [0.29, 0.717) is 5.69 Å². The molecule has 2 heterocycles. The van der Waals surface area contributed by atoms with E-state index in [2.05, 4.69) is 23.3 Å². The van der Waals surface area contributed by atoms with Gasteiger partial charge in [0.2, 0.25) is 0 Å². The van der Waals surface area contributed by atoms with E-state index in [1.54, 1.807) is 6.20 Å². The van der Waals surface area contributed by atoms with Crippen molar-refractivity contribution in [1.82, 2.24) is 14.9 Å². The van der Waals surface area contributed by atoms with Crippen LogP contribution in [0, 0.1) is 18.3 Å². The van der Waals surface area contributed by atoms with Crippen molar-refractivity contribution in [2.75, 3.05) is 0 Å². The lowest BCUT2D eigenvalue weighted by atomic mass is 10.1. The van der Waals surface area contributed by atoms with Crippen molar-refractivity contribution >= 4 is 0 Å². The topological polar surface area (TPSA) is 53.6 Å². The number of pyridine rings is 1. The Morgan fingerprint density at radius 1 is 1.44 bits per heavy atom. The Balaban J connectivity index is 1.93. The number of hydrogen-bond donors (Lipinski definition) is 1. The normalized spacial score (nSPS) is 10.3. The van der Waals surface area contributed by atoms with E-state index in [1.165, 1.54) is 11.1 Å². The molecule has 0 saturated heterocycles. The van der Waals surface area contributed by atoms with Gasteiger partial charge in [-0.1, -0.05) is 0 Å². The molecule has 0 radical (unpaired) electrons. The molecule has 0 saturated carbocycles. The average Bonchev–Trinajstić information content (AvgIpc) is 2.72. The summed E-state index contributed by atoms with van der Waals surface area (Å²) in [5.41, 5.74) is 4.25. The summed E-state index contributed by atoms with van der Waals surface area (Å²) in [7, 11) is 1.88. The Labute approximate surface area is 107 Å². The fourth-order valence-electron chi connectivity index (χ4n) is 1.88. The standard InChI is InChI=1S/C14H16N4/c1-11-7-16-4-3-13(11)9-17-8-12-5-14(6-15)18(2)10-12/h3-5,7,10,17H,8-9H2,1-2H3. The summed E-state index contributed by atoms with van der Waals surface area (Å²) >= 11 is 0. The third-order valence-corrected chi connectivity index (χ3v) is 2.96. The van der Waals surface area contributed by atoms with Gasteiger partial charge in [0.15, 0.2) is 0 Å². The first-order chi connectivity index (χ1) is 8.70. The summed E-state index contributed by atoms with van der Waals surface area (Å²) in [5, 5.41) is 12.2. The third-order valence-electron chi connectivity index (χ3n) is 2.96. The first-order valence-corrected chi connectivity index (χ1v) is 5.86. The number of rotatable bonds is 4. The number of hydrogen-bond acceptors (Lipinski definition) is 3. The third kappa shape index (κ3) is 2.76. The lowest BCUT2D eigenvalue weighted by Gasteiger charge is -2.06. The molecule has 18 heavy (non-hydrogen) atoms. The highest BCUT2D eigenvalue weighted by atomic mass is 14.9. The van der Waals surface area contributed by atoms with Crippen LogP contribution >= 0.6 is 0 Å². The molecule has 2 aromatic heterocycles. The molecule has 0 spiro atoms. The second-order valence-electron chi connectivity index (χ2n) is 4.36. The van der Waals surface area contributed by atoms with E-state index in [0.717, 1.165) is 18.7 Å². The lowest BCUT2D eigenvalue weighted by Crippen LogP contribution is -2.13. The Kier molecular flexibility index (Phi) is 3.75. The molecule has 0 aliphatic heterocycles. The summed E-state index contributed by atoms with van der Waals surface area (Å²) in [5.74, 6) is 0. The second-order valence-corrected chi connectivity index (χ2v) is 4.36. The predicted octanol–water partition coefficient (Wildman–Crippen LogP) is 1.89. The van der Waals surface area contributed by atoms with Gasteiger partial charge in [-0.3, -0.25) is 4.98 Å². The van der Waals surface area contributed by atoms with Crippen molar-refractivity contribution in [3.63, 3.8) is 0 Å². The predicted molar refractivity (Wildman–Crippen MR) is 69.6 cm³/mol. The molecule has 1 N–H and O–H groups in total. The van der Waals surface area contributed by atoms with Crippen LogP contribution in [-0.4, -0.2) is 9.55 Å². The molecule has 2 rings (SSSR count). The summed E-state index contributed by atoms with van der Waals surface area (Å²) in [6.45, 7) is 3.63. The first kappa shape index (κ1) is 12.3. The van der Waals surface area contributed by atoms with E-state index >= 15 is 0 Å². The zero-order chi connectivity index (χ0) is 13.0. The zero-order valence-corrected chi connectivity index (χ0v) is 10.6. The molecule has 4 nitrogen and oxygen atoms in total. The van der Waals surface area contributed by atoms with Gasteiger partial charge in [-0.25, -0.2) is 0 Å². The van der Waals surface area contributed by atoms with Gasteiger partial charge in [0, 0.05) is 38.7 Å². The average molecular weight is 240 g/mol. The highest BCUT2D eigenvalue weighted by molar-refractivity contribution is 5.28. The molecule has 2 aromatic rings. The largest absolute Gasteiger partial charge is 0.342 e. The number of aromatic nitrogens is 2. The Morgan fingerprint density at radius 2 is 2.28 bits per heavy atom. The molecule has 0 aliphatic rings. The molecular weight excluding hydrogens is 224 g/mol. The molecule has 0 fully saturated rings. The highest BCUT2D eigenvalue weighted by Crippen LogP contribution is 2.07. The lowest BCUT2D eigenvalue weighted by molar-refractivity contribution is 0.688. The fourth-order valence-corrected chi connectivity index (χ4v) is 1.88. The van der Waals surface area contributed by atoms with Gasteiger partial charge in [0.25, 0.3) is 0 Å². The van der Waals surface area contributed by atoms with Gasteiger partial charge in [-0.2, -0.15) is 5.26 Å². The number of nitrogens with zero attached hydrogens (tertiary/aromatic N) is 3. The zero-order valence-electron chi connectivity index (χ0n) is 10.6. The quantitative estimate of drug-likeness (QED) is 0.888. The van der Waals surface area contributed by atoms with Crippen LogP contribution in [0.2, 0.25) is 0 Å². The molecule has 0 amide bonds. The van der Waals surface area contributed by atoms with Crippen LogP contribution < -0.4 is 5.32 Å². The van der Waals surface area contributed by atoms with Gasteiger partial charge in [0.1, 0.15) is 11.8 Å². The minimum Gasteiger partial charge on any atom is -0.342 e. The number of aryl methyl sites for hydroxylation is 2. The molecule has 0 atom stereocenters. The Hall–Kier alpha value is -2.12. The maximum absolute atomic E-state index is 8.87. The van der Waals surface area contributed by atoms with Gasteiger partial charge >= 0.3 is 0 Å². The van der Waals surface area contributed by atoms with Crippen molar-refractivity contribution in [3.05, 3.63) is 53.1 Å². The van der Waals surface area contributed by atoms with E-state index in [-0.39, 0.29) is 0 Å². The Bertz CT molecular complexity index is 578. The minimum absolute atomic E-state index is 0.687. The molecular formula is C14H16N4. The van der Waals surface area contributed by atoms with Crippen LogP contribution in [0.1, 0.15) is 22.4 Å². The van der Waals surface area contributed by atoms with Crippen LogP contribution in [-0.2, 0) is 20.1 Å². The molecule has 0 aliphatic carbocycles. The van der Waals surface area contributed by atoms with E-state index < -0.39 is 0 Å². The van der Waals surface area contributed by atoms with Crippen LogP contribution in [0.25, 0.3) is 0 Å². The summed E-state index contributed by atoms with van der Waals surface area (Å²) in [6, 6.07) is 6.09. The smallest absolute Gasteiger partial charge is 0.120 e. The van der Waals surface area contributed by atoms with Crippen LogP contribution in [0.5, 0.6) is 0 Å². The summed E-state index contributed by atoms with van der Waals surface area (Å²) < 4.78 is 1.84. The molecule has 0 aromatic carbocycles. The van der Waals surface area contributed by atoms with Gasteiger partial charge in [-0.15, -0.1) is 0 Å². The molecule has 4 heteroatoms. The summed E-state index contributed by atoms with van der Waals surface area (Å²) in [4.78, 5) is 4.07. The SMILES string of the molecule is Cc1cnccc1CNCc1cc(C#N)n(C)c1. The van der Waals surface area contributed by atoms with Crippen LogP contribution in [0.15, 0.2) is 30.7 Å². The first-order valence-electron chi connectivity index (χ1n) is 5.86. The summed E-state index contributed by atoms with van der Waals surface area (Å²) in [6.07, 6.45) is 5.65. The molecule has 92 valence electrons. The molecule has 0 unspecified atom stereocenters.